The molecule has 2 atom stereocenters. The second-order valence-electron chi connectivity index (χ2n) is 9.30. The molecule has 2 aliphatic heterocycles. The third kappa shape index (κ3) is 6.53. The van der Waals surface area contributed by atoms with Crippen LogP contribution in [0.3, 0.4) is 0 Å². The predicted octanol–water partition coefficient (Wildman–Crippen LogP) is 5.66. The average molecular weight is 620 g/mol. The van der Waals surface area contributed by atoms with Gasteiger partial charge in [0.25, 0.3) is 9.84 Å². The smallest absolute Gasteiger partial charge is 0.303 e. The minimum absolute atomic E-state index is 0.0322. The number of likely N-dealkylation sites (tertiary alicyclic amines) is 2. The maximum absolute atomic E-state index is 13.9. The standard InChI is InChI=1S/C13H18F10NO4S2.C7H15N/c1-2-3-4-7-24(30(27,28)13(22,23)11(17,18)19)8-5-6-9(24)29(25,26)12(20,21)10(14,15)16;1-2-5-8-6-3-4-7-8/h9H,2-8H2,1H3;2-7H2,1H3/q+1;. The molecule has 2 aliphatic rings. The molecule has 0 spiro atoms. The predicted molar refractivity (Wildman–Crippen MR) is 118 cm³/mol. The SMILES string of the molecule is CCCCC[N+]1(S(=O)(=O)C(F)(F)C(F)(F)F)CCCC1S(=O)(=O)C(F)(F)C(F)(F)F.CCCN1CCCC1. The van der Waals surface area contributed by atoms with Crippen molar-refractivity contribution in [3.8, 4) is 0 Å². The minimum atomic E-state index is -6.98. The molecule has 0 radical (unpaired) electrons. The van der Waals surface area contributed by atoms with Crippen LogP contribution < -0.4 is 0 Å². The minimum Gasteiger partial charge on any atom is -0.303 e. The van der Waals surface area contributed by atoms with Crippen molar-refractivity contribution in [2.75, 3.05) is 32.7 Å². The lowest BCUT2D eigenvalue weighted by Crippen LogP contribution is -2.68. The number of unbranched alkanes of at least 4 members (excludes halogenated alkanes) is 2. The summed E-state index contributed by atoms with van der Waals surface area (Å²) in [7, 11) is -13.9. The second-order valence-corrected chi connectivity index (χ2v) is 13.6. The summed E-state index contributed by atoms with van der Waals surface area (Å²) < 4.78 is 178. The lowest BCUT2D eigenvalue weighted by atomic mass is 10.2. The summed E-state index contributed by atoms with van der Waals surface area (Å²) in [4.78, 5) is 2.54. The van der Waals surface area contributed by atoms with E-state index in [0.29, 0.717) is 0 Å². The maximum atomic E-state index is 13.9. The number of hydrogen-bond donors (Lipinski definition) is 0. The number of nitrogens with zero attached hydrogens (tertiary/aromatic N) is 2. The van der Waals surface area contributed by atoms with Gasteiger partial charge in [-0.1, -0.05) is 20.3 Å². The monoisotopic (exact) mass is 619 g/mol. The van der Waals surface area contributed by atoms with E-state index in [0.717, 1.165) is 0 Å². The first-order chi connectivity index (χ1) is 17.1. The van der Waals surface area contributed by atoms with E-state index in [1.165, 1.54) is 45.8 Å². The average Bonchev–Trinajstić information content (AvgIpc) is 3.44. The number of halogens is 10. The fourth-order valence-corrected chi connectivity index (χ4v) is 9.07. The maximum Gasteiger partial charge on any atom is 0.490 e. The van der Waals surface area contributed by atoms with E-state index in [1.807, 2.05) is 0 Å². The molecule has 18 heteroatoms. The highest BCUT2D eigenvalue weighted by atomic mass is 32.2. The van der Waals surface area contributed by atoms with Crippen LogP contribution in [0.5, 0.6) is 0 Å². The van der Waals surface area contributed by atoms with Crippen LogP contribution in [-0.4, -0.2) is 86.6 Å². The Bertz CT molecular complexity index is 979. The van der Waals surface area contributed by atoms with Gasteiger partial charge in [0, 0.05) is 12.8 Å². The Morgan fingerprint density at radius 2 is 1.24 bits per heavy atom. The van der Waals surface area contributed by atoms with Crippen molar-refractivity contribution in [1.82, 2.24) is 4.90 Å². The third-order valence-corrected chi connectivity index (χ3v) is 11.5. The van der Waals surface area contributed by atoms with Gasteiger partial charge >= 0.3 is 32.9 Å². The molecule has 2 fully saturated rings. The Labute approximate surface area is 215 Å². The van der Waals surface area contributed by atoms with Crippen LogP contribution >= 0.6 is 0 Å². The van der Waals surface area contributed by atoms with Gasteiger partial charge in [-0.15, -0.1) is 0 Å². The largest absolute Gasteiger partial charge is 0.490 e. The van der Waals surface area contributed by atoms with E-state index in [-0.39, 0.29) is 12.8 Å². The van der Waals surface area contributed by atoms with Crippen LogP contribution in [-0.2, 0) is 19.9 Å². The number of sulfone groups is 1. The summed E-state index contributed by atoms with van der Waals surface area (Å²) in [6, 6.07) is 0. The summed E-state index contributed by atoms with van der Waals surface area (Å²) in [5, 5.41) is -16.5. The number of hydrogen-bond acceptors (Lipinski definition) is 5. The number of quaternary nitrogens is 1. The molecule has 6 nitrogen and oxygen atoms in total. The van der Waals surface area contributed by atoms with E-state index in [1.54, 1.807) is 0 Å². The first-order valence-corrected chi connectivity index (χ1v) is 15.0. The number of alkyl halides is 10. The normalized spacial score (nSPS) is 24.4. The molecule has 228 valence electrons. The summed E-state index contributed by atoms with van der Waals surface area (Å²) in [5.74, 6) is 0. The molecule has 0 aliphatic carbocycles. The van der Waals surface area contributed by atoms with Crippen molar-refractivity contribution in [2.45, 2.75) is 93.4 Å². The van der Waals surface area contributed by atoms with E-state index >= 15 is 0 Å². The zero-order valence-electron chi connectivity index (χ0n) is 20.9. The highest BCUT2D eigenvalue weighted by molar-refractivity contribution is 7.94. The van der Waals surface area contributed by atoms with Crippen LogP contribution in [0.1, 0.15) is 65.2 Å². The van der Waals surface area contributed by atoms with Crippen molar-refractivity contribution in [2.24, 2.45) is 0 Å². The quantitative estimate of drug-likeness (QED) is 0.179. The lowest BCUT2D eigenvalue weighted by Gasteiger charge is -2.40. The van der Waals surface area contributed by atoms with Crippen molar-refractivity contribution in [3.05, 3.63) is 0 Å². The van der Waals surface area contributed by atoms with Gasteiger partial charge in [0.2, 0.25) is 5.37 Å². The second kappa shape index (κ2) is 12.3. The van der Waals surface area contributed by atoms with Gasteiger partial charge in [0.15, 0.2) is 0 Å². The van der Waals surface area contributed by atoms with Crippen LogP contribution in [0.2, 0.25) is 0 Å². The van der Waals surface area contributed by atoms with Crippen LogP contribution in [0.15, 0.2) is 0 Å². The molecule has 0 bridgehead atoms. The van der Waals surface area contributed by atoms with Gasteiger partial charge in [-0.25, -0.2) is 8.42 Å². The summed E-state index contributed by atoms with van der Waals surface area (Å²) >= 11 is 0. The first-order valence-electron chi connectivity index (χ1n) is 12.0. The number of rotatable bonds is 10. The molecule has 38 heavy (non-hydrogen) atoms. The van der Waals surface area contributed by atoms with Gasteiger partial charge in [0.1, 0.15) is 0 Å². The molecule has 2 saturated heterocycles. The molecular weight excluding hydrogens is 586 g/mol. The van der Waals surface area contributed by atoms with E-state index < -0.39 is 84.3 Å². The van der Waals surface area contributed by atoms with Gasteiger partial charge < -0.3 is 4.90 Å². The van der Waals surface area contributed by atoms with Crippen molar-refractivity contribution < 1.29 is 64.6 Å². The fraction of sp³-hybridized carbons (Fsp3) is 1.00. The Kier molecular flexibility index (Phi) is 11.4. The van der Waals surface area contributed by atoms with Crippen molar-refractivity contribution in [1.29, 1.82) is 0 Å². The van der Waals surface area contributed by atoms with E-state index in [9.17, 15) is 60.7 Å². The Morgan fingerprint density at radius 1 is 0.737 bits per heavy atom. The molecule has 0 aromatic carbocycles. The van der Waals surface area contributed by atoms with Crippen LogP contribution in [0.25, 0.3) is 0 Å². The highest BCUT2D eigenvalue weighted by Crippen LogP contribution is 2.51. The van der Waals surface area contributed by atoms with Gasteiger partial charge in [-0.2, -0.15) is 56.2 Å². The zero-order chi connectivity index (χ0) is 29.8. The molecular formula is C20H33F10N2O4S2+. The Morgan fingerprint density at radius 3 is 1.66 bits per heavy atom. The van der Waals surface area contributed by atoms with E-state index in [4.69, 9.17) is 0 Å². The van der Waals surface area contributed by atoms with Crippen LogP contribution in [0.4, 0.5) is 43.9 Å². The Hall–Kier alpha value is -0.880. The third-order valence-electron chi connectivity index (χ3n) is 6.57. The van der Waals surface area contributed by atoms with Crippen molar-refractivity contribution in [3.63, 3.8) is 0 Å². The van der Waals surface area contributed by atoms with Crippen LogP contribution in [0, 0.1) is 0 Å². The van der Waals surface area contributed by atoms with Gasteiger partial charge in [-0.05, 0) is 51.7 Å². The molecule has 0 N–H and O–H groups in total. The number of sulfonamides is 1. The van der Waals surface area contributed by atoms with E-state index in [2.05, 4.69) is 11.8 Å². The summed E-state index contributed by atoms with van der Waals surface area (Å²) in [5.41, 5.74) is 0. The molecule has 0 aromatic heterocycles. The summed E-state index contributed by atoms with van der Waals surface area (Å²) in [6.45, 7) is 5.16. The lowest BCUT2D eigenvalue weighted by molar-refractivity contribution is -0.807. The molecule has 2 unspecified atom stereocenters. The zero-order valence-corrected chi connectivity index (χ0v) is 22.5. The Balaban J connectivity index is 0.000000763. The van der Waals surface area contributed by atoms with Crippen molar-refractivity contribution >= 4 is 19.9 Å². The molecule has 2 rings (SSSR count). The molecule has 0 amide bonds. The fourth-order valence-electron chi connectivity index (χ4n) is 4.63. The summed E-state index contributed by atoms with van der Waals surface area (Å²) in [6.07, 6.45) is -11.7. The topological polar surface area (TPSA) is 71.5 Å². The van der Waals surface area contributed by atoms with Gasteiger partial charge in [0.05, 0.1) is 13.1 Å². The molecule has 0 saturated carbocycles. The molecule has 0 aromatic rings. The first kappa shape index (κ1) is 35.1. The highest BCUT2D eigenvalue weighted by Gasteiger charge is 2.80. The van der Waals surface area contributed by atoms with Gasteiger partial charge in [-0.3, -0.25) is 0 Å². The molecule has 2 heterocycles.